The van der Waals surface area contributed by atoms with Crippen molar-refractivity contribution in [2.24, 2.45) is 0 Å². The number of nitrogens with one attached hydrogen (secondary N) is 1. The van der Waals surface area contributed by atoms with Crippen LogP contribution in [-0.4, -0.2) is 47.1 Å². The largest absolute Gasteiger partial charge is 0.355 e. The molecule has 0 spiro atoms. The molecule has 0 radical (unpaired) electrons. The molecule has 0 bridgehead atoms. The summed E-state index contributed by atoms with van der Waals surface area (Å²) in [6.45, 7) is 3.83. The van der Waals surface area contributed by atoms with Gasteiger partial charge in [0.2, 0.25) is 17.6 Å². The molecular formula is C19H25FN4O2. The van der Waals surface area contributed by atoms with Crippen LogP contribution in [0.15, 0.2) is 28.8 Å². The van der Waals surface area contributed by atoms with Crippen LogP contribution >= 0.6 is 0 Å². The van der Waals surface area contributed by atoms with Crippen LogP contribution in [0, 0.1) is 5.82 Å². The van der Waals surface area contributed by atoms with Crippen LogP contribution < -0.4 is 5.32 Å². The molecule has 1 amide bonds. The molecule has 26 heavy (non-hydrogen) atoms. The minimum Gasteiger partial charge on any atom is -0.355 e. The Kier molecular flexibility index (Phi) is 6.71. The van der Waals surface area contributed by atoms with Crippen LogP contribution in [0.4, 0.5) is 4.39 Å². The number of aryl methyl sites for hydroxylation is 1. The monoisotopic (exact) mass is 360 g/mol. The van der Waals surface area contributed by atoms with Gasteiger partial charge in [0.15, 0.2) is 0 Å². The quantitative estimate of drug-likeness (QED) is 0.822. The van der Waals surface area contributed by atoms with E-state index in [9.17, 15) is 9.18 Å². The highest BCUT2D eigenvalue weighted by molar-refractivity contribution is 5.76. The molecule has 3 rings (SSSR count). The van der Waals surface area contributed by atoms with Gasteiger partial charge in [0.25, 0.3) is 0 Å². The second-order valence-corrected chi connectivity index (χ2v) is 6.62. The second kappa shape index (κ2) is 9.43. The van der Waals surface area contributed by atoms with Gasteiger partial charge in [0.1, 0.15) is 5.82 Å². The molecule has 1 fully saturated rings. The van der Waals surface area contributed by atoms with Crippen molar-refractivity contribution in [1.29, 1.82) is 0 Å². The van der Waals surface area contributed by atoms with Crippen molar-refractivity contribution in [3.63, 3.8) is 0 Å². The van der Waals surface area contributed by atoms with E-state index in [2.05, 4.69) is 20.4 Å². The fourth-order valence-corrected chi connectivity index (χ4v) is 3.09. The number of hydrogen-bond acceptors (Lipinski definition) is 5. The normalized spacial score (nSPS) is 15.6. The van der Waals surface area contributed by atoms with Crippen molar-refractivity contribution in [3.8, 4) is 11.4 Å². The van der Waals surface area contributed by atoms with Gasteiger partial charge in [-0.1, -0.05) is 18.0 Å². The number of halogens is 1. The second-order valence-electron chi connectivity index (χ2n) is 6.62. The number of likely N-dealkylation sites (tertiary alicyclic amines) is 1. The number of hydrogen-bond donors (Lipinski definition) is 1. The van der Waals surface area contributed by atoms with E-state index >= 15 is 0 Å². The number of carbonyl (C=O) groups is 1. The first-order valence-corrected chi connectivity index (χ1v) is 9.28. The first kappa shape index (κ1) is 18.5. The van der Waals surface area contributed by atoms with Gasteiger partial charge in [-0.05, 0) is 50.2 Å². The van der Waals surface area contributed by atoms with E-state index < -0.39 is 0 Å². The molecule has 1 aromatic heterocycles. The van der Waals surface area contributed by atoms with Gasteiger partial charge >= 0.3 is 0 Å². The van der Waals surface area contributed by atoms with Crippen molar-refractivity contribution in [2.75, 3.05) is 26.2 Å². The van der Waals surface area contributed by atoms with Crippen molar-refractivity contribution < 1.29 is 13.7 Å². The number of amides is 1. The summed E-state index contributed by atoms with van der Waals surface area (Å²) in [4.78, 5) is 18.7. The average molecular weight is 360 g/mol. The molecule has 7 heteroatoms. The SMILES string of the molecule is O=C(CCc1nc(-c2ccc(F)cc2)no1)NCCN1CCCCCC1. The Morgan fingerprint density at radius 1 is 1.15 bits per heavy atom. The summed E-state index contributed by atoms with van der Waals surface area (Å²) in [6.07, 6.45) is 5.83. The molecule has 0 unspecified atom stereocenters. The summed E-state index contributed by atoms with van der Waals surface area (Å²) in [5, 5.41) is 6.83. The molecule has 2 heterocycles. The third kappa shape index (κ3) is 5.62. The maximum absolute atomic E-state index is 12.9. The number of carbonyl (C=O) groups excluding carboxylic acids is 1. The van der Waals surface area contributed by atoms with E-state index in [1.54, 1.807) is 12.1 Å². The average Bonchev–Trinajstić information content (AvgIpc) is 2.97. The third-order valence-electron chi connectivity index (χ3n) is 4.59. The van der Waals surface area contributed by atoms with Gasteiger partial charge in [0, 0.05) is 31.5 Å². The summed E-state index contributed by atoms with van der Waals surface area (Å²) in [7, 11) is 0. The number of benzene rings is 1. The molecule has 1 aliphatic rings. The first-order chi connectivity index (χ1) is 12.7. The molecular weight excluding hydrogens is 335 g/mol. The molecule has 1 aliphatic heterocycles. The van der Waals surface area contributed by atoms with E-state index in [0.717, 1.165) is 19.6 Å². The summed E-state index contributed by atoms with van der Waals surface area (Å²) in [6, 6.07) is 5.89. The van der Waals surface area contributed by atoms with Crippen LogP contribution in [0.25, 0.3) is 11.4 Å². The standard InChI is InChI=1S/C19H25FN4O2/c20-16-7-5-15(6-8-16)19-22-18(26-23-19)10-9-17(25)21-11-14-24-12-3-1-2-4-13-24/h5-8H,1-4,9-14H2,(H,21,25). The molecule has 0 atom stereocenters. The smallest absolute Gasteiger partial charge is 0.227 e. The molecule has 140 valence electrons. The Hall–Kier alpha value is -2.28. The maximum atomic E-state index is 12.9. The van der Waals surface area contributed by atoms with Gasteiger partial charge in [-0.2, -0.15) is 4.98 Å². The lowest BCUT2D eigenvalue weighted by molar-refractivity contribution is -0.121. The Labute approximate surface area is 152 Å². The van der Waals surface area contributed by atoms with Crippen molar-refractivity contribution in [3.05, 3.63) is 36.0 Å². The molecule has 0 saturated carbocycles. The van der Waals surface area contributed by atoms with Crippen LogP contribution in [0.2, 0.25) is 0 Å². The predicted octanol–water partition coefficient (Wildman–Crippen LogP) is 2.80. The minimum absolute atomic E-state index is 0.0126. The van der Waals surface area contributed by atoms with Gasteiger partial charge in [0.05, 0.1) is 0 Å². The van der Waals surface area contributed by atoms with E-state index in [4.69, 9.17) is 4.52 Å². The number of rotatable bonds is 7. The highest BCUT2D eigenvalue weighted by Crippen LogP contribution is 2.16. The number of nitrogens with zero attached hydrogens (tertiary/aromatic N) is 3. The lowest BCUT2D eigenvalue weighted by atomic mass is 10.2. The summed E-state index contributed by atoms with van der Waals surface area (Å²) >= 11 is 0. The molecule has 1 aromatic carbocycles. The Bertz CT molecular complexity index is 694. The van der Waals surface area contributed by atoms with Gasteiger partial charge in [-0.3, -0.25) is 4.79 Å². The van der Waals surface area contributed by atoms with Gasteiger partial charge < -0.3 is 14.7 Å². The summed E-state index contributed by atoms with van der Waals surface area (Å²) in [5.41, 5.74) is 0.684. The van der Waals surface area contributed by atoms with E-state index in [-0.39, 0.29) is 11.7 Å². The molecule has 6 nitrogen and oxygen atoms in total. The molecule has 1 saturated heterocycles. The van der Waals surface area contributed by atoms with E-state index in [1.165, 1.54) is 37.8 Å². The predicted molar refractivity (Wildman–Crippen MR) is 95.9 cm³/mol. The maximum Gasteiger partial charge on any atom is 0.227 e. The zero-order valence-corrected chi connectivity index (χ0v) is 14.9. The van der Waals surface area contributed by atoms with Gasteiger partial charge in [-0.25, -0.2) is 4.39 Å². The van der Waals surface area contributed by atoms with E-state index in [0.29, 0.717) is 36.7 Å². The van der Waals surface area contributed by atoms with Crippen molar-refractivity contribution in [1.82, 2.24) is 20.4 Å². The highest BCUT2D eigenvalue weighted by atomic mass is 19.1. The summed E-state index contributed by atoms with van der Waals surface area (Å²) < 4.78 is 18.1. The minimum atomic E-state index is -0.311. The highest BCUT2D eigenvalue weighted by Gasteiger charge is 2.12. The molecule has 0 aliphatic carbocycles. The lowest BCUT2D eigenvalue weighted by Gasteiger charge is -2.19. The van der Waals surface area contributed by atoms with E-state index in [1.807, 2.05) is 0 Å². The Balaban J connectivity index is 1.38. The fraction of sp³-hybridized carbons (Fsp3) is 0.526. The van der Waals surface area contributed by atoms with Crippen LogP contribution in [0.3, 0.4) is 0 Å². The molecule has 1 N–H and O–H groups in total. The first-order valence-electron chi connectivity index (χ1n) is 9.28. The molecule has 2 aromatic rings. The number of aromatic nitrogens is 2. The third-order valence-corrected chi connectivity index (χ3v) is 4.59. The van der Waals surface area contributed by atoms with Gasteiger partial charge in [-0.15, -0.1) is 0 Å². The summed E-state index contributed by atoms with van der Waals surface area (Å²) in [5.74, 6) is 0.490. The zero-order valence-electron chi connectivity index (χ0n) is 14.9. The van der Waals surface area contributed by atoms with Crippen LogP contribution in [0.1, 0.15) is 38.0 Å². The lowest BCUT2D eigenvalue weighted by Crippen LogP contribution is -2.35. The fourth-order valence-electron chi connectivity index (χ4n) is 3.09. The van der Waals surface area contributed by atoms with Crippen molar-refractivity contribution in [2.45, 2.75) is 38.5 Å². The topological polar surface area (TPSA) is 71.3 Å². The van der Waals surface area contributed by atoms with Crippen LogP contribution in [0.5, 0.6) is 0 Å². The Morgan fingerprint density at radius 2 is 1.88 bits per heavy atom. The zero-order chi connectivity index (χ0) is 18.2. The van der Waals surface area contributed by atoms with Crippen molar-refractivity contribution >= 4 is 5.91 Å². The van der Waals surface area contributed by atoms with Crippen LogP contribution in [-0.2, 0) is 11.2 Å². The Morgan fingerprint density at radius 3 is 2.62 bits per heavy atom.